The molecule has 0 saturated heterocycles. The zero-order chi connectivity index (χ0) is 30.9. The van der Waals surface area contributed by atoms with Gasteiger partial charge in [-0.2, -0.15) is 39.5 Å². The van der Waals surface area contributed by atoms with Gasteiger partial charge in [0, 0.05) is 5.69 Å². The van der Waals surface area contributed by atoms with Crippen LogP contribution in [0.3, 0.4) is 0 Å². The van der Waals surface area contributed by atoms with Crippen molar-refractivity contribution in [3.05, 3.63) is 82.7 Å². The average Bonchev–Trinajstić information content (AvgIpc) is 2.84. The molecule has 0 aromatic heterocycles. The number of alkyl halides is 9. The van der Waals surface area contributed by atoms with Crippen molar-refractivity contribution in [1.82, 2.24) is 0 Å². The van der Waals surface area contributed by atoms with Crippen LogP contribution < -0.4 is 5.32 Å². The van der Waals surface area contributed by atoms with Crippen molar-refractivity contribution in [3.63, 3.8) is 0 Å². The van der Waals surface area contributed by atoms with Gasteiger partial charge in [0.2, 0.25) is 0 Å². The molecule has 3 rings (SSSR count). The first kappa shape index (κ1) is 31.8. The van der Waals surface area contributed by atoms with Gasteiger partial charge in [-0.15, -0.1) is 0 Å². The third-order valence-electron chi connectivity index (χ3n) is 6.04. The van der Waals surface area contributed by atoms with Crippen LogP contribution in [-0.4, -0.2) is 13.1 Å². The van der Waals surface area contributed by atoms with Crippen LogP contribution in [0.25, 0.3) is 11.1 Å². The molecule has 0 aliphatic carbocycles. The lowest BCUT2D eigenvalue weighted by atomic mass is 9.88. The third kappa shape index (κ3) is 7.92. The number of anilines is 2. The summed E-state index contributed by atoms with van der Waals surface area (Å²) in [7, 11) is 1.08. The highest BCUT2D eigenvalue weighted by Crippen LogP contribution is 2.42. The zero-order valence-electron chi connectivity index (χ0n) is 21.7. The van der Waals surface area contributed by atoms with Gasteiger partial charge in [-0.3, -0.25) is 4.79 Å². The van der Waals surface area contributed by atoms with Gasteiger partial charge in [0.05, 0.1) is 35.4 Å². The van der Waals surface area contributed by atoms with E-state index in [1.165, 1.54) is 12.1 Å². The fourth-order valence-electron chi connectivity index (χ4n) is 4.22. The van der Waals surface area contributed by atoms with Crippen molar-refractivity contribution in [2.45, 2.75) is 44.7 Å². The minimum atomic E-state index is -5.08. The van der Waals surface area contributed by atoms with Crippen LogP contribution in [0, 0.1) is 11.7 Å². The maximum Gasteiger partial charge on any atom is 0.418 e. The number of benzene rings is 3. The van der Waals surface area contributed by atoms with E-state index in [2.05, 4.69) is 5.32 Å². The lowest BCUT2D eigenvalue weighted by Crippen LogP contribution is -2.17. The molecule has 1 unspecified atom stereocenters. The number of methoxy groups -OCH3 is 1. The molecule has 1 atom stereocenters. The molecule has 0 amide bonds. The molecule has 41 heavy (non-hydrogen) atoms. The molecule has 1 N–H and O–H groups in total. The molecule has 0 spiro atoms. The Labute approximate surface area is 228 Å². The highest BCUT2D eigenvalue weighted by Gasteiger charge is 2.37. The van der Waals surface area contributed by atoms with Crippen LogP contribution in [-0.2, 0) is 28.1 Å². The van der Waals surface area contributed by atoms with E-state index in [1.807, 2.05) is 0 Å². The predicted octanol–water partition coefficient (Wildman–Crippen LogP) is 9.60. The van der Waals surface area contributed by atoms with Crippen LogP contribution in [0.1, 0.15) is 48.4 Å². The van der Waals surface area contributed by atoms with E-state index in [-0.39, 0.29) is 59.0 Å². The summed E-state index contributed by atoms with van der Waals surface area (Å²) < 4.78 is 140. The van der Waals surface area contributed by atoms with Gasteiger partial charge >= 0.3 is 24.5 Å². The topological polar surface area (TPSA) is 38.3 Å². The maximum atomic E-state index is 14.2. The normalized spacial score (nSPS) is 13.3. The minimum absolute atomic E-state index is 0.0731. The van der Waals surface area contributed by atoms with Gasteiger partial charge in [-0.05, 0) is 77.6 Å². The third-order valence-corrected chi connectivity index (χ3v) is 6.04. The summed E-state index contributed by atoms with van der Waals surface area (Å²) in [6.45, 7) is 3.50. The van der Waals surface area contributed by atoms with Crippen molar-refractivity contribution in [2.75, 3.05) is 12.4 Å². The number of rotatable bonds is 7. The summed E-state index contributed by atoms with van der Waals surface area (Å²) >= 11 is 0. The van der Waals surface area contributed by atoms with E-state index in [9.17, 15) is 48.7 Å². The molecular weight excluding hydrogens is 572 g/mol. The highest BCUT2D eigenvalue weighted by molar-refractivity contribution is 5.81. The molecule has 0 aliphatic heterocycles. The fourth-order valence-corrected chi connectivity index (χ4v) is 4.22. The van der Waals surface area contributed by atoms with Crippen LogP contribution in [0.2, 0.25) is 0 Å². The molecule has 0 radical (unpaired) electrons. The number of nitrogens with one attached hydrogen (secondary N) is 1. The number of halogens is 10. The quantitative estimate of drug-likeness (QED) is 0.218. The Hall–Kier alpha value is -3.77. The molecular formula is C28H23F10NO2. The van der Waals surface area contributed by atoms with Crippen molar-refractivity contribution in [2.24, 2.45) is 5.92 Å². The van der Waals surface area contributed by atoms with Gasteiger partial charge in [0.1, 0.15) is 5.82 Å². The van der Waals surface area contributed by atoms with E-state index >= 15 is 0 Å². The highest BCUT2D eigenvalue weighted by atomic mass is 19.4. The smallest absolute Gasteiger partial charge is 0.418 e. The largest absolute Gasteiger partial charge is 0.469 e. The van der Waals surface area contributed by atoms with Gasteiger partial charge < -0.3 is 10.1 Å². The van der Waals surface area contributed by atoms with E-state index < -0.39 is 58.6 Å². The van der Waals surface area contributed by atoms with Crippen molar-refractivity contribution >= 4 is 17.3 Å². The molecule has 3 nitrogen and oxygen atoms in total. The summed E-state index contributed by atoms with van der Waals surface area (Å²) in [6.07, 6.45) is -14.9. The van der Waals surface area contributed by atoms with Gasteiger partial charge in [-0.1, -0.05) is 19.9 Å². The Morgan fingerprint density at radius 1 is 0.780 bits per heavy atom. The first-order valence-electron chi connectivity index (χ1n) is 12.0. The summed E-state index contributed by atoms with van der Waals surface area (Å²) in [5, 5.41) is 2.28. The number of hydrogen-bond donors (Lipinski definition) is 1. The van der Waals surface area contributed by atoms with E-state index in [0.717, 1.165) is 19.2 Å². The number of carbonyl (C=O) groups excluding carboxylic acids is 1. The Balaban J connectivity index is 2.29. The second-order valence-corrected chi connectivity index (χ2v) is 9.66. The zero-order valence-corrected chi connectivity index (χ0v) is 21.7. The van der Waals surface area contributed by atoms with E-state index in [1.54, 1.807) is 13.8 Å². The van der Waals surface area contributed by atoms with Crippen LogP contribution >= 0.6 is 0 Å². The molecule has 0 fully saturated rings. The van der Waals surface area contributed by atoms with Gasteiger partial charge in [0.25, 0.3) is 0 Å². The Morgan fingerprint density at radius 2 is 1.39 bits per heavy atom. The predicted molar refractivity (Wildman–Crippen MR) is 131 cm³/mol. The summed E-state index contributed by atoms with van der Waals surface area (Å²) in [4.78, 5) is 12.6. The van der Waals surface area contributed by atoms with Crippen LogP contribution in [0.15, 0.2) is 54.6 Å². The number of esters is 1. The minimum Gasteiger partial charge on any atom is -0.469 e. The molecule has 0 bridgehead atoms. The molecule has 13 heteroatoms. The summed E-state index contributed by atoms with van der Waals surface area (Å²) in [5.41, 5.74) is -5.89. The van der Waals surface area contributed by atoms with Crippen molar-refractivity contribution < 1.29 is 53.4 Å². The molecule has 0 saturated carbocycles. The number of carbonyl (C=O) groups is 1. The monoisotopic (exact) mass is 595 g/mol. The van der Waals surface area contributed by atoms with Crippen molar-refractivity contribution in [1.29, 1.82) is 0 Å². The van der Waals surface area contributed by atoms with E-state index in [4.69, 9.17) is 4.74 Å². The molecule has 3 aromatic rings. The molecule has 222 valence electrons. The number of hydrogen-bond acceptors (Lipinski definition) is 3. The lowest BCUT2D eigenvalue weighted by molar-refractivity contribution is -0.143. The first-order chi connectivity index (χ1) is 18.8. The van der Waals surface area contributed by atoms with Crippen LogP contribution in [0.5, 0.6) is 0 Å². The fraction of sp³-hybridized carbons (Fsp3) is 0.321. The molecule has 3 aromatic carbocycles. The summed E-state index contributed by atoms with van der Waals surface area (Å²) in [6, 6.07) is 5.82. The average molecular weight is 595 g/mol. The maximum absolute atomic E-state index is 14.2. The lowest BCUT2D eigenvalue weighted by Gasteiger charge is -2.21. The second-order valence-electron chi connectivity index (χ2n) is 9.66. The first-order valence-corrected chi connectivity index (χ1v) is 12.0. The van der Waals surface area contributed by atoms with Gasteiger partial charge in [0.15, 0.2) is 0 Å². The van der Waals surface area contributed by atoms with E-state index in [0.29, 0.717) is 6.07 Å². The molecule has 0 aliphatic rings. The second kappa shape index (κ2) is 11.6. The van der Waals surface area contributed by atoms with Crippen LogP contribution in [0.4, 0.5) is 55.3 Å². The van der Waals surface area contributed by atoms with Gasteiger partial charge in [-0.25, -0.2) is 4.39 Å². The summed E-state index contributed by atoms with van der Waals surface area (Å²) in [5.74, 6) is -3.23. The van der Waals surface area contributed by atoms with Crippen molar-refractivity contribution in [3.8, 4) is 11.1 Å². The number of ether oxygens (including phenoxy) is 1. The Morgan fingerprint density at radius 3 is 1.93 bits per heavy atom. The standard InChI is InChI=1S/C28H23F10NO2/c1-14(2)6-22(25(40)41-3)17-7-15(16-8-19(27(33,34)35)12-20(29)9-16)10-21(11-17)39-24-13-18(26(30,31)32)4-5-23(24)28(36,37)38/h4-5,7-14,22,39H,6H2,1-3H3. The Bertz CT molecular complexity index is 1410. The SMILES string of the molecule is COC(=O)C(CC(C)C)c1cc(Nc2cc(C(F)(F)F)ccc2C(F)(F)F)cc(-c2cc(F)cc(C(F)(F)F)c2)c1. The molecule has 0 heterocycles. The Kier molecular flexibility index (Phi) is 8.99.